The Morgan fingerprint density at radius 2 is 1.91 bits per heavy atom. The lowest BCUT2D eigenvalue weighted by atomic mass is 9.95. The van der Waals surface area contributed by atoms with Gasteiger partial charge in [-0.2, -0.15) is 4.98 Å². The van der Waals surface area contributed by atoms with Gasteiger partial charge in [-0.25, -0.2) is 4.68 Å². The molecule has 1 aliphatic heterocycles. The summed E-state index contributed by atoms with van der Waals surface area (Å²) in [5, 5.41) is 11.9. The van der Waals surface area contributed by atoms with Crippen molar-refractivity contribution in [3.05, 3.63) is 99.9 Å². The summed E-state index contributed by atoms with van der Waals surface area (Å²) < 4.78 is 1.71. The molecule has 0 bridgehead atoms. The molecule has 7 nitrogen and oxygen atoms in total. The number of benzene rings is 2. The Morgan fingerprint density at radius 1 is 1.09 bits per heavy atom. The monoisotopic (exact) mass is 476 g/mol. The van der Waals surface area contributed by atoms with Crippen molar-refractivity contribution in [2.75, 3.05) is 10.6 Å². The third kappa shape index (κ3) is 4.08. The van der Waals surface area contributed by atoms with Crippen LogP contribution in [0.2, 0.25) is 10.0 Å². The predicted octanol–water partition coefficient (Wildman–Crippen LogP) is 5.57. The normalized spacial score (nSPS) is 15.1. The summed E-state index contributed by atoms with van der Waals surface area (Å²) in [4.78, 5) is 22.1. The van der Waals surface area contributed by atoms with Crippen molar-refractivity contribution >= 4 is 40.7 Å². The van der Waals surface area contributed by atoms with Crippen LogP contribution in [0.4, 0.5) is 11.6 Å². The molecule has 1 amide bonds. The fourth-order valence-electron chi connectivity index (χ4n) is 3.81. The number of anilines is 2. The van der Waals surface area contributed by atoms with Gasteiger partial charge in [-0.3, -0.25) is 9.78 Å². The molecule has 2 aromatic carbocycles. The standard InChI is InChI=1S/C24H18Cl2N6O/c1-14-20(23(33)29-17-8-5-11-27-13-17)21(15-6-3-2-4-7-15)32-24(28-14)30-22(31-32)18-10-9-16(25)12-19(18)26/h2-13,21H,1H3,(H,29,33)(H,28,30,31). The maximum absolute atomic E-state index is 13.4. The lowest BCUT2D eigenvalue weighted by Crippen LogP contribution is -2.31. The number of aromatic nitrogens is 4. The second-order valence-corrected chi connectivity index (χ2v) is 8.34. The topological polar surface area (TPSA) is 84.7 Å². The number of allylic oxidation sites excluding steroid dienone is 1. The van der Waals surface area contributed by atoms with Crippen LogP contribution in [0.5, 0.6) is 0 Å². The number of hydrogen-bond acceptors (Lipinski definition) is 5. The zero-order valence-electron chi connectivity index (χ0n) is 17.5. The van der Waals surface area contributed by atoms with E-state index in [0.717, 1.165) is 5.56 Å². The van der Waals surface area contributed by atoms with E-state index in [1.165, 1.54) is 0 Å². The number of nitrogens with one attached hydrogen (secondary N) is 2. The van der Waals surface area contributed by atoms with Crippen LogP contribution in [0.1, 0.15) is 18.5 Å². The molecule has 0 radical (unpaired) electrons. The summed E-state index contributed by atoms with van der Waals surface area (Å²) in [5.41, 5.74) is 3.35. The Balaban J connectivity index is 1.60. The van der Waals surface area contributed by atoms with Crippen LogP contribution in [0.3, 0.4) is 0 Å². The first-order valence-electron chi connectivity index (χ1n) is 10.2. The minimum absolute atomic E-state index is 0.255. The molecule has 0 aliphatic carbocycles. The van der Waals surface area contributed by atoms with Gasteiger partial charge in [0.25, 0.3) is 5.91 Å². The molecule has 0 fully saturated rings. The summed E-state index contributed by atoms with van der Waals surface area (Å²) >= 11 is 12.5. The van der Waals surface area contributed by atoms with E-state index in [9.17, 15) is 4.79 Å². The highest BCUT2D eigenvalue weighted by molar-refractivity contribution is 6.36. The van der Waals surface area contributed by atoms with Gasteiger partial charge < -0.3 is 10.6 Å². The molecule has 0 saturated heterocycles. The van der Waals surface area contributed by atoms with Gasteiger partial charge >= 0.3 is 0 Å². The molecule has 1 aliphatic rings. The predicted molar refractivity (Wildman–Crippen MR) is 129 cm³/mol. The summed E-state index contributed by atoms with van der Waals surface area (Å²) in [6.45, 7) is 1.85. The average Bonchev–Trinajstić information content (AvgIpc) is 3.22. The molecule has 1 unspecified atom stereocenters. The van der Waals surface area contributed by atoms with Crippen molar-refractivity contribution in [3.63, 3.8) is 0 Å². The Kier molecular flexibility index (Phi) is 5.58. The zero-order chi connectivity index (χ0) is 22.9. The number of nitrogens with zero attached hydrogens (tertiary/aromatic N) is 4. The molecular weight excluding hydrogens is 459 g/mol. The number of rotatable bonds is 4. The number of pyridine rings is 1. The van der Waals surface area contributed by atoms with Crippen LogP contribution < -0.4 is 10.6 Å². The molecule has 33 heavy (non-hydrogen) atoms. The molecule has 0 spiro atoms. The highest BCUT2D eigenvalue weighted by atomic mass is 35.5. The highest BCUT2D eigenvalue weighted by Crippen LogP contribution is 2.38. The van der Waals surface area contributed by atoms with E-state index in [1.54, 1.807) is 47.4 Å². The third-order valence-electron chi connectivity index (χ3n) is 5.30. The first-order valence-corrected chi connectivity index (χ1v) is 10.9. The minimum atomic E-state index is -0.494. The van der Waals surface area contributed by atoms with E-state index in [4.69, 9.17) is 28.3 Å². The molecular formula is C24H18Cl2N6O. The van der Waals surface area contributed by atoms with Crippen molar-refractivity contribution in [3.8, 4) is 11.4 Å². The Morgan fingerprint density at radius 3 is 2.64 bits per heavy atom. The zero-order valence-corrected chi connectivity index (χ0v) is 19.0. The molecule has 0 saturated carbocycles. The second-order valence-electron chi connectivity index (χ2n) is 7.50. The maximum Gasteiger partial charge on any atom is 0.255 e. The van der Waals surface area contributed by atoms with Gasteiger partial charge in [-0.15, -0.1) is 5.10 Å². The van der Waals surface area contributed by atoms with Gasteiger partial charge in [0, 0.05) is 22.5 Å². The molecule has 1 atom stereocenters. The summed E-state index contributed by atoms with van der Waals surface area (Å²) in [5.74, 6) is 0.691. The SMILES string of the molecule is CC1=C(C(=O)Nc2cccnc2)C(c2ccccc2)n2nc(-c3ccc(Cl)cc3Cl)nc2N1. The van der Waals surface area contributed by atoms with Crippen LogP contribution in [-0.2, 0) is 4.79 Å². The van der Waals surface area contributed by atoms with Gasteiger partial charge in [0.2, 0.25) is 5.95 Å². The average molecular weight is 477 g/mol. The highest BCUT2D eigenvalue weighted by Gasteiger charge is 2.34. The number of hydrogen-bond donors (Lipinski definition) is 2. The first kappa shape index (κ1) is 21.2. The lowest BCUT2D eigenvalue weighted by Gasteiger charge is -2.28. The van der Waals surface area contributed by atoms with Crippen LogP contribution in [0.25, 0.3) is 11.4 Å². The Labute approximate surface area is 200 Å². The largest absolute Gasteiger partial charge is 0.328 e. The first-order chi connectivity index (χ1) is 16.0. The van der Waals surface area contributed by atoms with Crippen molar-refractivity contribution in [1.29, 1.82) is 0 Å². The van der Waals surface area contributed by atoms with Gasteiger partial charge in [-0.05, 0) is 42.8 Å². The number of carbonyl (C=O) groups is 1. The molecule has 9 heteroatoms. The summed E-state index contributed by atoms with van der Waals surface area (Å²) in [6.07, 6.45) is 3.25. The van der Waals surface area contributed by atoms with Gasteiger partial charge in [0.05, 0.1) is 22.5 Å². The number of fused-ring (bicyclic) bond motifs is 1. The Hall–Kier alpha value is -3.68. The second kappa shape index (κ2) is 8.69. The smallest absolute Gasteiger partial charge is 0.255 e. The van der Waals surface area contributed by atoms with E-state index in [-0.39, 0.29) is 5.91 Å². The minimum Gasteiger partial charge on any atom is -0.328 e. The van der Waals surface area contributed by atoms with E-state index in [1.807, 2.05) is 37.3 Å². The van der Waals surface area contributed by atoms with Crippen molar-refractivity contribution in [2.24, 2.45) is 0 Å². The lowest BCUT2D eigenvalue weighted by molar-refractivity contribution is -0.113. The molecule has 2 aromatic heterocycles. The molecule has 2 N–H and O–H groups in total. The van der Waals surface area contributed by atoms with Crippen molar-refractivity contribution < 1.29 is 4.79 Å². The molecule has 5 rings (SSSR count). The number of carbonyl (C=O) groups excluding carboxylic acids is 1. The molecule has 4 aromatic rings. The van der Waals surface area contributed by atoms with E-state index >= 15 is 0 Å². The van der Waals surface area contributed by atoms with Crippen LogP contribution in [0.15, 0.2) is 84.3 Å². The maximum atomic E-state index is 13.4. The number of amides is 1. The van der Waals surface area contributed by atoms with Crippen molar-refractivity contribution in [1.82, 2.24) is 19.7 Å². The van der Waals surface area contributed by atoms with Gasteiger partial charge in [0.1, 0.15) is 6.04 Å². The Bertz CT molecular complexity index is 1370. The summed E-state index contributed by atoms with van der Waals surface area (Å²) in [6, 6.07) is 17.9. The van der Waals surface area contributed by atoms with E-state index in [2.05, 4.69) is 20.6 Å². The van der Waals surface area contributed by atoms with Gasteiger partial charge in [-0.1, -0.05) is 53.5 Å². The number of halogens is 2. The third-order valence-corrected chi connectivity index (χ3v) is 5.85. The fourth-order valence-corrected chi connectivity index (χ4v) is 4.30. The summed E-state index contributed by atoms with van der Waals surface area (Å²) in [7, 11) is 0. The quantitative estimate of drug-likeness (QED) is 0.401. The van der Waals surface area contributed by atoms with Crippen LogP contribution in [-0.4, -0.2) is 25.7 Å². The van der Waals surface area contributed by atoms with E-state index in [0.29, 0.717) is 44.3 Å². The fraction of sp³-hybridized carbons (Fsp3) is 0.0833. The van der Waals surface area contributed by atoms with Crippen molar-refractivity contribution in [2.45, 2.75) is 13.0 Å². The van der Waals surface area contributed by atoms with E-state index < -0.39 is 6.04 Å². The van der Waals surface area contributed by atoms with Crippen LogP contribution >= 0.6 is 23.2 Å². The molecule has 3 heterocycles. The van der Waals surface area contributed by atoms with Crippen LogP contribution in [0, 0.1) is 0 Å². The van der Waals surface area contributed by atoms with Gasteiger partial charge in [0.15, 0.2) is 5.82 Å². The molecule has 164 valence electrons.